The first-order valence-electron chi connectivity index (χ1n) is 7.67. The standard InChI is InChI=1S/C5H5.3C4H4O2S2.Ti/c1-2-4-5-3-1;3*5-4(6)3-1-2-7-8-3;/h1-5H;3*1-3H,(H,5,6);/q-1;;;;+4/p-3. The van der Waals surface area contributed by atoms with E-state index in [0.717, 1.165) is 0 Å². The predicted octanol–water partition coefficient (Wildman–Crippen LogP) is 1.44. The molecule has 0 spiro atoms. The van der Waals surface area contributed by atoms with Gasteiger partial charge in [-0.2, -0.15) is 18.2 Å². The number of carboxylic acid groups (broad SMARTS) is 3. The third kappa shape index (κ3) is 14.0. The van der Waals surface area contributed by atoms with Gasteiger partial charge in [0.1, 0.15) is 0 Å². The summed E-state index contributed by atoms with van der Waals surface area (Å²) in [5.41, 5.74) is 0. The number of aliphatic carboxylic acids is 3. The van der Waals surface area contributed by atoms with Crippen LogP contribution >= 0.6 is 64.8 Å². The molecule has 3 unspecified atom stereocenters. The molecule has 0 saturated heterocycles. The van der Waals surface area contributed by atoms with Crippen molar-refractivity contribution in [2.24, 2.45) is 0 Å². The second kappa shape index (κ2) is 18.4. The Morgan fingerprint density at radius 1 is 0.633 bits per heavy atom. The van der Waals surface area contributed by atoms with Crippen molar-refractivity contribution in [3.05, 3.63) is 64.8 Å². The van der Waals surface area contributed by atoms with Crippen LogP contribution in [0.5, 0.6) is 0 Å². The number of hydrogen-bond acceptors (Lipinski definition) is 12. The van der Waals surface area contributed by atoms with Crippen molar-refractivity contribution < 1.29 is 51.4 Å². The quantitative estimate of drug-likeness (QED) is 0.305. The van der Waals surface area contributed by atoms with Crippen molar-refractivity contribution in [3.8, 4) is 0 Å². The van der Waals surface area contributed by atoms with Crippen LogP contribution in [0.3, 0.4) is 0 Å². The van der Waals surface area contributed by atoms with E-state index >= 15 is 0 Å². The Bertz CT molecular complexity index is 631. The smallest absolute Gasteiger partial charge is 0.549 e. The van der Waals surface area contributed by atoms with Crippen LogP contribution in [0, 0.1) is 0 Å². The fourth-order valence-electron chi connectivity index (χ4n) is 1.36. The fraction of sp³-hybridized carbons (Fsp3) is 0.176. The average Bonchev–Trinajstić information content (AvgIpc) is 3.53. The summed E-state index contributed by atoms with van der Waals surface area (Å²) in [5, 5.41) is 34.0. The maximum absolute atomic E-state index is 10.0. The number of carbonyl (C=O) groups excluding carboxylic acids is 3. The van der Waals surface area contributed by atoms with Gasteiger partial charge in [0.2, 0.25) is 0 Å². The van der Waals surface area contributed by atoms with E-state index in [4.69, 9.17) is 0 Å². The molecule has 0 radical (unpaired) electrons. The van der Waals surface area contributed by atoms with Crippen LogP contribution in [0.15, 0.2) is 64.8 Å². The van der Waals surface area contributed by atoms with Gasteiger partial charge in [0, 0.05) is 0 Å². The zero-order chi connectivity index (χ0) is 21.5. The third-order valence-electron chi connectivity index (χ3n) is 2.66. The van der Waals surface area contributed by atoms with Gasteiger partial charge < -0.3 is 29.7 Å². The third-order valence-corrected chi connectivity index (χ3v) is 9.33. The van der Waals surface area contributed by atoms with Crippen LogP contribution in [0.2, 0.25) is 0 Å². The van der Waals surface area contributed by atoms with Crippen molar-refractivity contribution >= 4 is 82.7 Å². The fourth-order valence-corrected chi connectivity index (χ4v) is 7.05. The molecule has 13 heteroatoms. The number of hydrogen-bond donors (Lipinski definition) is 0. The Kier molecular flexibility index (Phi) is 18.2. The van der Waals surface area contributed by atoms with Crippen molar-refractivity contribution in [1.82, 2.24) is 0 Å². The molecule has 3 heterocycles. The molecule has 158 valence electrons. The Morgan fingerprint density at radius 2 is 0.933 bits per heavy atom. The van der Waals surface area contributed by atoms with Gasteiger partial charge in [-0.05, 0) is 16.2 Å². The summed E-state index contributed by atoms with van der Waals surface area (Å²) in [7, 11) is 8.16. The van der Waals surface area contributed by atoms with Crippen molar-refractivity contribution in [1.29, 1.82) is 0 Å². The summed E-state index contributed by atoms with van der Waals surface area (Å²) in [6.45, 7) is 0. The zero-order valence-corrected chi connectivity index (χ0v) is 21.4. The molecular weight excluding hydrogens is 540 g/mol. The number of carboxylic acids is 3. The average molecular weight is 555 g/mol. The first kappa shape index (κ1) is 29.8. The largest absolute Gasteiger partial charge is 4.00 e. The Balaban J connectivity index is 0.000000374. The topological polar surface area (TPSA) is 120 Å². The molecule has 3 atom stereocenters. The summed E-state index contributed by atoms with van der Waals surface area (Å²) in [4.78, 5) is 30.0. The Morgan fingerprint density at radius 3 is 1.03 bits per heavy atom. The first-order valence-corrected chi connectivity index (χ1v) is 14.5. The molecule has 0 saturated carbocycles. The van der Waals surface area contributed by atoms with E-state index in [2.05, 4.69) is 0 Å². The van der Waals surface area contributed by atoms with Gasteiger partial charge in [-0.15, -0.1) is 0 Å². The normalized spacial score (nSPS) is 22.3. The van der Waals surface area contributed by atoms with Gasteiger partial charge in [-0.3, -0.25) is 0 Å². The van der Waals surface area contributed by atoms with E-state index in [1.165, 1.54) is 64.8 Å². The predicted molar refractivity (Wildman–Crippen MR) is 121 cm³/mol. The summed E-state index contributed by atoms with van der Waals surface area (Å²) in [5.74, 6) is -3.01. The molecule has 0 amide bonds. The van der Waals surface area contributed by atoms with Gasteiger partial charge in [0.15, 0.2) is 0 Å². The molecule has 30 heavy (non-hydrogen) atoms. The molecule has 0 bridgehead atoms. The number of carbonyl (C=O) groups is 3. The van der Waals surface area contributed by atoms with Crippen LogP contribution in [0.25, 0.3) is 0 Å². The molecule has 0 fully saturated rings. The van der Waals surface area contributed by atoms with Gasteiger partial charge in [-0.25, -0.2) is 12.1 Å². The van der Waals surface area contributed by atoms with Crippen LogP contribution in [-0.4, -0.2) is 33.7 Å². The monoisotopic (exact) mass is 554 g/mol. The van der Waals surface area contributed by atoms with Crippen molar-refractivity contribution in [2.45, 2.75) is 15.7 Å². The van der Waals surface area contributed by atoms with E-state index in [0.29, 0.717) is 0 Å². The van der Waals surface area contributed by atoms with Crippen LogP contribution in [0.1, 0.15) is 0 Å². The summed E-state index contributed by atoms with van der Waals surface area (Å²) >= 11 is 0. The molecule has 4 rings (SSSR count). The summed E-state index contributed by atoms with van der Waals surface area (Å²) in [6.07, 6.45) is 4.85. The minimum atomic E-state index is -1.00. The first-order chi connectivity index (χ1) is 13.9. The van der Waals surface area contributed by atoms with Crippen molar-refractivity contribution in [2.75, 3.05) is 0 Å². The van der Waals surface area contributed by atoms with E-state index < -0.39 is 33.7 Å². The second-order valence-corrected chi connectivity index (χ2v) is 11.7. The van der Waals surface area contributed by atoms with Crippen LogP contribution < -0.4 is 15.3 Å². The maximum atomic E-state index is 10.0. The zero-order valence-electron chi connectivity index (χ0n) is 15.0. The van der Waals surface area contributed by atoms with Gasteiger partial charge in [0.25, 0.3) is 0 Å². The van der Waals surface area contributed by atoms with E-state index in [-0.39, 0.29) is 21.7 Å². The van der Waals surface area contributed by atoms with Gasteiger partial charge >= 0.3 is 21.7 Å². The van der Waals surface area contributed by atoms with E-state index in [9.17, 15) is 29.7 Å². The second-order valence-electron chi connectivity index (χ2n) is 4.74. The van der Waals surface area contributed by atoms with Gasteiger partial charge in [-0.1, -0.05) is 83.0 Å². The molecule has 1 aromatic carbocycles. The molecule has 0 N–H and O–H groups in total. The molecule has 6 nitrogen and oxygen atoms in total. The molecule has 3 aliphatic rings. The minimum Gasteiger partial charge on any atom is -0.549 e. The van der Waals surface area contributed by atoms with Crippen LogP contribution in [0.4, 0.5) is 0 Å². The minimum absolute atomic E-state index is 0. The Labute approximate surface area is 213 Å². The maximum Gasteiger partial charge on any atom is 4.00 e. The summed E-state index contributed by atoms with van der Waals surface area (Å²) in [6, 6.07) is 10.0. The molecule has 0 aliphatic carbocycles. The van der Waals surface area contributed by atoms with E-state index in [1.807, 2.05) is 30.3 Å². The molecule has 1 aromatic rings. The van der Waals surface area contributed by atoms with Crippen LogP contribution in [-0.2, 0) is 36.1 Å². The number of rotatable bonds is 3. The van der Waals surface area contributed by atoms with E-state index in [1.54, 1.807) is 34.5 Å². The Hall–Kier alpha value is -0.206. The molecular formula is C17H14O6S6Ti. The summed E-state index contributed by atoms with van der Waals surface area (Å²) < 4.78 is 0. The SMILES string of the molecule is O=C([O-])C1C=CSS1.O=C([O-])C1C=CSS1.O=C([O-])C1C=CSS1.[Ti+4].c1cc[cH-]c1. The molecule has 0 aromatic heterocycles. The molecule has 3 aliphatic heterocycles. The van der Waals surface area contributed by atoms with Gasteiger partial charge in [0.05, 0.1) is 33.7 Å². The van der Waals surface area contributed by atoms with Crippen molar-refractivity contribution in [3.63, 3.8) is 0 Å².